The first-order valence-electron chi connectivity index (χ1n) is 7.72. The first-order chi connectivity index (χ1) is 10.6. The van der Waals surface area contributed by atoms with Crippen LogP contribution in [0.15, 0.2) is 42.6 Å². The van der Waals surface area contributed by atoms with Gasteiger partial charge in [0.15, 0.2) is 0 Å². The fraction of sp³-hybridized carbons (Fsp3) is 0.333. The van der Waals surface area contributed by atoms with Gasteiger partial charge in [-0.15, -0.1) is 0 Å². The van der Waals surface area contributed by atoms with E-state index in [4.69, 9.17) is 0 Å². The molecule has 4 nitrogen and oxygen atoms in total. The molecule has 1 aromatic carbocycles. The van der Waals surface area contributed by atoms with E-state index < -0.39 is 0 Å². The largest absolute Gasteiger partial charge is 0.364 e. The number of aryl methyl sites for hydroxylation is 1. The predicted molar refractivity (Wildman–Crippen MR) is 87.9 cm³/mol. The van der Waals surface area contributed by atoms with E-state index in [1.165, 1.54) is 11.1 Å². The molecule has 1 aliphatic carbocycles. The van der Waals surface area contributed by atoms with Crippen molar-refractivity contribution in [2.75, 3.05) is 5.32 Å². The van der Waals surface area contributed by atoms with Crippen LogP contribution in [-0.2, 0) is 0 Å². The molecule has 1 aromatic heterocycles. The Labute approximate surface area is 131 Å². The van der Waals surface area contributed by atoms with Crippen molar-refractivity contribution in [3.05, 3.63) is 59.3 Å². The Morgan fingerprint density at radius 3 is 2.64 bits per heavy atom. The summed E-state index contributed by atoms with van der Waals surface area (Å²) >= 11 is 0. The lowest BCUT2D eigenvalue weighted by Crippen LogP contribution is -2.25. The van der Waals surface area contributed by atoms with Gasteiger partial charge in [0.2, 0.25) is 0 Å². The Kier molecular flexibility index (Phi) is 4.09. The first kappa shape index (κ1) is 14.6. The summed E-state index contributed by atoms with van der Waals surface area (Å²) < 4.78 is 0. The molecule has 1 aliphatic rings. The molecule has 1 unspecified atom stereocenters. The van der Waals surface area contributed by atoms with Gasteiger partial charge in [-0.25, -0.2) is 4.98 Å². The molecule has 0 radical (unpaired) electrons. The number of carbonyl (C=O) groups is 1. The van der Waals surface area contributed by atoms with Crippen molar-refractivity contribution in [2.24, 2.45) is 0 Å². The number of rotatable bonds is 5. The Morgan fingerprint density at radius 2 is 2.00 bits per heavy atom. The molecule has 0 spiro atoms. The number of nitrogens with one attached hydrogen (secondary N) is 2. The van der Waals surface area contributed by atoms with E-state index in [2.05, 4.69) is 41.6 Å². The van der Waals surface area contributed by atoms with Crippen LogP contribution in [0.3, 0.4) is 0 Å². The van der Waals surface area contributed by atoms with Crippen molar-refractivity contribution >= 4 is 11.7 Å². The number of anilines is 1. The smallest absolute Gasteiger partial charge is 0.253 e. The van der Waals surface area contributed by atoms with Crippen molar-refractivity contribution < 1.29 is 4.79 Å². The monoisotopic (exact) mass is 295 g/mol. The molecule has 1 fully saturated rings. The Hall–Kier alpha value is -2.36. The molecule has 1 heterocycles. The molecule has 22 heavy (non-hydrogen) atoms. The van der Waals surface area contributed by atoms with Crippen molar-refractivity contribution in [1.29, 1.82) is 0 Å². The number of pyridine rings is 1. The maximum Gasteiger partial charge on any atom is 0.253 e. The van der Waals surface area contributed by atoms with E-state index in [0.29, 0.717) is 11.6 Å². The topological polar surface area (TPSA) is 54.0 Å². The third kappa shape index (κ3) is 3.45. The van der Waals surface area contributed by atoms with Gasteiger partial charge in [-0.1, -0.05) is 24.3 Å². The van der Waals surface area contributed by atoms with Crippen molar-refractivity contribution in [1.82, 2.24) is 10.3 Å². The molecule has 2 aromatic rings. The molecule has 0 saturated heterocycles. The van der Waals surface area contributed by atoms with Crippen LogP contribution in [0.25, 0.3) is 0 Å². The Bertz CT molecular complexity index is 662. The number of hydrogen-bond donors (Lipinski definition) is 2. The van der Waals surface area contributed by atoms with E-state index >= 15 is 0 Å². The summed E-state index contributed by atoms with van der Waals surface area (Å²) in [6.07, 6.45) is 3.81. The zero-order valence-corrected chi connectivity index (χ0v) is 13.0. The Morgan fingerprint density at radius 1 is 1.23 bits per heavy atom. The summed E-state index contributed by atoms with van der Waals surface area (Å²) in [5.41, 5.74) is 3.11. The second-order valence-corrected chi connectivity index (χ2v) is 5.90. The van der Waals surface area contributed by atoms with Crippen molar-refractivity contribution in [2.45, 2.75) is 38.8 Å². The van der Waals surface area contributed by atoms with Gasteiger partial charge in [0.25, 0.3) is 5.91 Å². The lowest BCUT2D eigenvalue weighted by Gasteiger charge is -2.17. The first-order valence-corrected chi connectivity index (χ1v) is 7.72. The van der Waals surface area contributed by atoms with Gasteiger partial charge < -0.3 is 10.6 Å². The normalized spacial score (nSPS) is 15.2. The molecule has 1 amide bonds. The average Bonchev–Trinajstić information content (AvgIpc) is 3.32. The maximum atomic E-state index is 11.9. The van der Waals surface area contributed by atoms with Gasteiger partial charge in [-0.2, -0.15) is 0 Å². The highest BCUT2D eigenvalue weighted by Gasteiger charge is 2.23. The third-order valence-electron chi connectivity index (χ3n) is 3.96. The summed E-state index contributed by atoms with van der Waals surface area (Å²) in [7, 11) is 0. The second kappa shape index (κ2) is 6.18. The fourth-order valence-electron chi connectivity index (χ4n) is 2.48. The molecule has 1 atom stereocenters. The number of amides is 1. The standard InChI is InChI=1S/C18H21N3O/c1-12-5-3-4-6-16(12)13(2)20-17-10-7-14(11-19-17)18(22)21-15-8-9-15/h3-7,10-11,13,15H,8-9H2,1-2H3,(H,19,20)(H,21,22). The van der Waals surface area contributed by atoms with Crippen LogP contribution in [0, 0.1) is 6.92 Å². The average molecular weight is 295 g/mol. The summed E-state index contributed by atoms with van der Waals surface area (Å²) in [6, 6.07) is 12.5. The molecule has 0 aliphatic heterocycles. The summed E-state index contributed by atoms with van der Waals surface area (Å²) in [4.78, 5) is 16.3. The van der Waals surface area contributed by atoms with Crippen LogP contribution in [0.5, 0.6) is 0 Å². The number of aromatic nitrogens is 1. The minimum atomic E-state index is -0.0338. The molecule has 3 rings (SSSR count). The third-order valence-corrected chi connectivity index (χ3v) is 3.96. The van der Waals surface area contributed by atoms with Crippen molar-refractivity contribution in [3.8, 4) is 0 Å². The van der Waals surface area contributed by atoms with Gasteiger partial charge in [-0.3, -0.25) is 4.79 Å². The number of nitrogens with zero attached hydrogens (tertiary/aromatic N) is 1. The molecule has 0 bridgehead atoms. The molecule has 4 heteroatoms. The van der Waals surface area contributed by atoms with Gasteiger partial charge in [-0.05, 0) is 49.9 Å². The lowest BCUT2D eigenvalue weighted by molar-refractivity contribution is 0.0951. The summed E-state index contributed by atoms with van der Waals surface area (Å²) in [5, 5.41) is 6.34. The highest BCUT2D eigenvalue weighted by Crippen LogP contribution is 2.22. The van der Waals surface area contributed by atoms with E-state index in [1.807, 2.05) is 24.3 Å². The number of benzene rings is 1. The van der Waals surface area contributed by atoms with Gasteiger partial charge in [0.1, 0.15) is 5.82 Å². The molecule has 1 saturated carbocycles. The second-order valence-electron chi connectivity index (χ2n) is 5.90. The SMILES string of the molecule is Cc1ccccc1C(C)Nc1ccc(C(=O)NC2CC2)cn1. The summed E-state index contributed by atoms with van der Waals surface area (Å²) in [5.74, 6) is 0.743. The fourth-order valence-corrected chi connectivity index (χ4v) is 2.48. The predicted octanol–water partition coefficient (Wildman–Crippen LogP) is 3.46. The van der Waals surface area contributed by atoms with Crippen LogP contribution >= 0.6 is 0 Å². The molecular weight excluding hydrogens is 274 g/mol. The highest BCUT2D eigenvalue weighted by molar-refractivity contribution is 5.94. The van der Waals surface area contributed by atoms with Gasteiger partial charge in [0.05, 0.1) is 11.6 Å². The number of hydrogen-bond acceptors (Lipinski definition) is 3. The molecule has 114 valence electrons. The van der Waals surface area contributed by atoms with Crippen LogP contribution in [0.4, 0.5) is 5.82 Å². The van der Waals surface area contributed by atoms with Crippen LogP contribution in [-0.4, -0.2) is 16.9 Å². The van der Waals surface area contributed by atoms with E-state index in [0.717, 1.165) is 18.7 Å². The molecule has 2 N–H and O–H groups in total. The zero-order chi connectivity index (χ0) is 15.5. The molecular formula is C18H21N3O. The van der Waals surface area contributed by atoms with Gasteiger partial charge in [0, 0.05) is 12.2 Å². The van der Waals surface area contributed by atoms with Crippen LogP contribution in [0.2, 0.25) is 0 Å². The Balaban J connectivity index is 1.65. The van der Waals surface area contributed by atoms with E-state index in [1.54, 1.807) is 6.20 Å². The van der Waals surface area contributed by atoms with Gasteiger partial charge >= 0.3 is 0 Å². The number of carbonyl (C=O) groups excluding carboxylic acids is 1. The quantitative estimate of drug-likeness (QED) is 0.888. The maximum absolute atomic E-state index is 11.9. The zero-order valence-electron chi connectivity index (χ0n) is 13.0. The summed E-state index contributed by atoms with van der Waals surface area (Å²) in [6.45, 7) is 4.21. The minimum Gasteiger partial charge on any atom is -0.364 e. The van der Waals surface area contributed by atoms with E-state index in [9.17, 15) is 4.79 Å². The minimum absolute atomic E-state index is 0.0338. The highest BCUT2D eigenvalue weighted by atomic mass is 16.1. The van der Waals surface area contributed by atoms with Crippen LogP contribution < -0.4 is 10.6 Å². The lowest BCUT2D eigenvalue weighted by atomic mass is 10.0. The van der Waals surface area contributed by atoms with Crippen LogP contribution in [0.1, 0.15) is 47.3 Å². The van der Waals surface area contributed by atoms with Crippen molar-refractivity contribution in [3.63, 3.8) is 0 Å². The van der Waals surface area contributed by atoms with E-state index in [-0.39, 0.29) is 11.9 Å².